The van der Waals surface area contributed by atoms with Crippen LogP contribution in [0.5, 0.6) is 0 Å². The van der Waals surface area contributed by atoms with Crippen LogP contribution in [-0.2, 0) is 11.3 Å². The summed E-state index contributed by atoms with van der Waals surface area (Å²) >= 11 is 1.57. The highest BCUT2D eigenvalue weighted by atomic mass is 32.2. The number of hydrogen-bond donors (Lipinski definition) is 0. The summed E-state index contributed by atoms with van der Waals surface area (Å²) in [6.07, 6.45) is 3.99. The van der Waals surface area contributed by atoms with Gasteiger partial charge in [0.1, 0.15) is 18.2 Å². The summed E-state index contributed by atoms with van der Waals surface area (Å²) in [7, 11) is 0. The number of aromatic nitrogens is 2. The molecule has 0 radical (unpaired) electrons. The molecule has 3 rings (SSSR count). The second-order valence-corrected chi connectivity index (χ2v) is 6.71. The molecule has 1 aliphatic rings. The number of hydrogen-bond acceptors (Lipinski definition) is 3. The second kappa shape index (κ2) is 7.12. The molecular formula is C16H17F2N3OS. The number of nitrogens with zero attached hydrogens (tertiary/aromatic N) is 3. The predicted molar refractivity (Wildman–Crippen MR) is 85.0 cm³/mol. The number of carbonyl (C=O) groups excluding carboxylic acids is 1. The molecule has 0 saturated carbocycles. The number of thioether (sulfide) groups is 1. The maximum Gasteiger partial charge on any atom is 0.244 e. The molecule has 1 atom stereocenters. The van der Waals surface area contributed by atoms with Crippen LogP contribution in [0.2, 0.25) is 0 Å². The number of carbonyl (C=O) groups is 1. The van der Waals surface area contributed by atoms with E-state index in [9.17, 15) is 13.6 Å². The van der Waals surface area contributed by atoms with Gasteiger partial charge in [0.15, 0.2) is 0 Å². The van der Waals surface area contributed by atoms with Crippen molar-refractivity contribution in [2.24, 2.45) is 0 Å². The van der Waals surface area contributed by atoms with Crippen LogP contribution < -0.4 is 0 Å². The second-order valence-electron chi connectivity index (χ2n) is 5.40. The van der Waals surface area contributed by atoms with Crippen LogP contribution in [0.25, 0.3) is 0 Å². The van der Waals surface area contributed by atoms with Gasteiger partial charge in [-0.3, -0.25) is 9.48 Å². The zero-order chi connectivity index (χ0) is 16.2. The van der Waals surface area contributed by atoms with E-state index >= 15 is 0 Å². The SMILES string of the molecule is O=C(Cn1cccn1)N1CCS[C@H](c2cc(F)ccc2F)CC1. The molecule has 1 fully saturated rings. The fourth-order valence-corrected chi connectivity index (χ4v) is 3.90. The van der Waals surface area contributed by atoms with Gasteiger partial charge in [0.2, 0.25) is 5.91 Å². The quantitative estimate of drug-likeness (QED) is 0.864. The number of amides is 1. The first-order chi connectivity index (χ1) is 11.1. The maximum absolute atomic E-state index is 13.9. The van der Waals surface area contributed by atoms with Crippen molar-refractivity contribution in [1.29, 1.82) is 0 Å². The molecule has 1 amide bonds. The third-order valence-electron chi connectivity index (χ3n) is 3.86. The zero-order valence-electron chi connectivity index (χ0n) is 12.5. The Morgan fingerprint density at radius 1 is 1.35 bits per heavy atom. The highest BCUT2D eigenvalue weighted by Crippen LogP contribution is 2.36. The molecule has 0 unspecified atom stereocenters. The number of halogens is 2. The highest BCUT2D eigenvalue weighted by molar-refractivity contribution is 7.99. The fraction of sp³-hybridized carbons (Fsp3) is 0.375. The Balaban J connectivity index is 1.65. The number of benzene rings is 1. The van der Waals surface area contributed by atoms with Crippen LogP contribution in [0.4, 0.5) is 8.78 Å². The van der Waals surface area contributed by atoms with E-state index in [4.69, 9.17) is 0 Å². The van der Waals surface area contributed by atoms with E-state index in [1.54, 1.807) is 39.8 Å². The lowest BCUT2D eigenvalue weighted by atomic mass is 10.1. The lowest BCUT2D eigenvalue weighted by Crippen LogP contribution is -2.35. The first kappa shape index (κ1) is 16.0. The van der Waals surface area contributed by atoms with Gasteiger partial charge in [-0.1, -0.05) is 0 Å². The average molecular weight is 337 g/mol. The van der Waals surface area contributed by atoms with Crippen LogP contribution in [0, 0.1) is 11.6 Å². The van der Waals surface area contributed by atoms with Crippen molar-refractivity contribution in [3.8, 4) is 0 Å². The van der Waals surface area contributed by atoms with E-state index in [0.717, 1.165) is 12.1 Å². The monoisotopic (exact) mass is 337 g/mol. The smallest absolute Gasteiger partial charge is 0.244 e. The van der Waals surface area contributed by atoms with Crippen molar-refractivity contribution in [3.63, 3.8) is 0 Å². The lowest BCUT2D eigenvalue weighted by molar-refractivity contribution is -0.131. The largest absolute Gasteiger partial charge is 0.340 e. The Morgan fingerprint density at radius 3 is 3.00 bits per heavy atom. The molecule has 7 heteroatoms. The summed E-state index contributed by atoms with van der Waals surface area (Å²) in [5, 5.41) is 3.90. The predicted octanol–water partition coefficient (Wildman–Crippen LogP) is 2.87. The van der Waals surface area contributed by atoms with Gasteiger partial charge in [0.05, 0.1) is 0 Å². The normalized spacial score (nSPS) is 18.7. The molecule has 0 N–H and O–H groups in total. The molecule has 2 aromatic rings. The summed E-state index contributed by atoms with van der Waals surface area (Å²) in [5.41, 5.74) is 0.386. The lowest BCUT2D eigenvalue weighted by Gasteiger charge is -2.20. The summed E-state index contributed by atoms with van der Waals surface area (Å²) in [4.78, 5) is 14.1. The Morgan fingerprint density at radius 2 is 2.22 bits per heavy atom. The molecule has 122 valence electrons. The summed E-state index contributed by atoms with van der Waals surface area (Å²) < 4.78 is 28.9. The van der Waals surface area contributed by atoms with E-state index in [1.807, 2.05) is 0 Å². The molecule has 1 aliphatic heterocycles. The fourth-order valence-electron chi connectivity index (χ4n) is 2.66. The summed E-state index contributed by atoms with van der Waals surface area (Å²) in [6.45, 7) is 1.35. The van der Waals surface area contributed by atoms with Crippen LogP contribution in [0.1, 0.15) is 17.2 Å². The van der Waals surface area contributed by atoms with Crippen molar-refractivity contribution < 1.29 is 13.6 Å². The molecule has 4 nitrogen and oxygen atoms in total. The third-order valence-corrected chi connectivity index (χ3v) is 5.17. The summed E-state index contributed by atoms with van der Waals surface area (Å²) in [5.74, 6) is -0.126. The molecule has 0 aliphatic carbocycles. The molecule has 1 aromatic heterocycles. The van der Waals surface area contributed by atoms with E-state index in [2.05, 4.69) is 5.10 Å². The molecule has 2 heterocycles. The Bertz CT molecular complexity index is 678. The van der Waals surface area contributed by atoms with Crippen LogP contribution in [0.15, 0.2) is 36.7 Å². The van der Waals surface area contributed by atoms with E-state index in [-0.39, 0.29) is 23.5 Å². The van der Waals surface area contributed by atoms with Crippen molar-refractivity contribution in [2.75, 3.05) is 18.8 Å². The first-order valence-electron chi connectivity index (χ1n) is 7.45. The van der Waals surface area contributed by atoms with Crippen molar-refractivity contribution in [1.82, 2.24) is 14.7 Å². The number of rotatable bonds is 3. The van der Waals surface area contributed by atoms with E-state index in [0.29, 0.717) is 30.8 Å². The zero-order valence-corrected chi connectivity index (χ0v) is 13.3. The van der Waals surface area contributed by atoms with Gasteiger partial charge in [-0.25, -0.2) is 8.78 Å². The van der Waals surface area contributed by atoms with E-state index in [1.165, 1.54) is 6.07 Å². The van der Waals surface area contributed by atoms with Crippen LogP contribution in [0.3, 0.4) is 0 Å². The standard InChI is InChI=1S/C16H17F2N3OS/c17-12-2-3-14(18)13(10-12)15-4-7-20(8-9-23-15)16(22)11-21-6-1-5-19-21/h1-3,5-6,10,15H,4,7-9,11H2/t15-/m0/s1. The topological polar surface area (TPSA) is 38.1 Å². The summed E-state index contributed by atoms with van der Waals surface area (Å²) in [6, 6.07) is 5.32. The molecule has 1 aromatic carbocycles. The first-order valence-corrected chi connectivity index (χ1v) is 8.50. The maximum atomic E-state index is 13.9. The highest BCUT2D eigenvalue weighted by Gasteiger charge is 2.24. The van der Waals surface area contributed by atoms with Gasteiger partial charge in [-0.05, 0) is 30.7 Å². The Kier molecular flexibility index (Phi) is 4.95. The van der Waals surface area contributed by atoms with Crippen molar-refractivity contribution in [3.05, 3.63) is 53.9 Å². The van der Waals surface area contributed by atoms with Gasteiger partial charge in [0.25, 0.3) is 0 Å². The molecule has 0 bridgehead atoms. The molecule has 23 heavy (non-hydrogen) atoms. The average Bonchev–Trinajstić information content (AvgIpc) is 2.91. The minimum absolute atomic E-state index is 0.00494. The Hall–Kier alpha value is -1.89. The van der Waals surface area contributed by atoms with Gasteiger partial charge in [-0.2, -0.15) is 16.9 Å². The molecular weight excluding hydrogens is 320 g/mol. The van der Waals surface area contributed by atoms with Crippen molar-refractivity contribution >= 4 is 17.7 Å². The molecule has 0 spiro atoms. The molecule has 1 saturated heterocycles. The van der Waals surface area contributed by atoms with Gasteiger partial charge >= 0.3 is 0 Å². The van der Waals surface area contributed by atoms with Crippen LogP contribution in [-0.4, -0.2) is 39.4 Å². The van der Waals surface area contributed by atoms with E-state index < -0.39 is 5.82 Å². The van der Waals surface area contributed by atoms with Gasteiger partial charge < -0.3 is 4.90 Å². The van der Waals surface area contributed by atoms with Crippen molar-refractivity contribution in [2.45, 2.75) is 18.2 Å². The Labute approximate surface area is 137 Å². The minimum atomic E-state index is -0.433. The van der Waals surface area contributed by atoms with Gasteiger partial charge in [-0.15, -0.1) is 0 Å². The minimum Gasteiger partial charge on any atom is -0.340 e. The third kappa shape index (κ3) is 3.90. The van der Waals surface area contributed by atoms with Gasteiger partial charge in [0, 0.05) is 42.0 Å². The van der Waals surface area contributed by atoms with Crippen LogP contribution >= 0.6 is 11.8 Å².